The summed E-state index contributed by atoms with van der Waals surface area (Å²) in [6, 6.07) is 5.81. The molecule has 0 heterocycles. The molecule has 0 aliphatic heterocycles. The van der Waals surface area contributed by atoms with Gasteiger partial charge >= 0.3 is 23.0 Å². The minimum Gasteiger partial charge on any atom is -1.00 e. The molecular weight excluding hydrogens is 294 g/mol. The SMILES string of the molecule is O=C(O)c1ccccc1O.[Cl-].[Cl-].[Cl-].[Fe+3]. The standard InChI is InChI=1S/C7H6O3.3ClH.Fe/c8-6-4-2-1-3-5(6)7(9)10;;;;/h1-4,8H,(H,9,10);3*1H;/q;;;;+3/p-3. The number of hydrogen-bond acceptors (Lipinski definition) is 2. The average molecular weight is 300 g/mol. The quantitative estimate of drug-likeness (QED) is 0.507. The first-order valence-corrected chi connectivity index (χ1v) is 2.73. The molecule has 0 saturated carbocycles. The molecule has 0 atom stereocenters. The van der Waals surface area contributed by atoms with Crippen molar-refractivity contribution < 1.29 is 69.3 Å². The van der Waals surface area contributed by atoms with Crippen molar-refractivity contribution in [2.45, 2.75) is 0 Å². The van der Waals surface area contributed by atoms with Gasteiger partial charge in [-0.05, 0) is 12.1 Å². The predicted octanol–water partition coefficient (Wildman–Crippen LogP) is -7.90. The fourth-order valence-electron chi connectivity index (χ4n) is 0.654. The summed E-state index contributed by atoms with van der Waals surface area (Å²) < 4.78 is 0. The van der Waals surface area contributed by atoms with Gasteiger partial charge in [-0.1, -0.05) is 12.1 Å². The number of carboxylic acids is 1. The van der Waals surface area contributed by atoms with Crippen LogP contribution in [0.2, 0.25) is 0 Å². The van der Waals surface area contributed by atoms with Gasteiger partial charge in [0.05, 0.1) is 0 Å². The van der Waals surface area contributed by atoms with E-state index >= 15 is 0 Å². The number of hydrogen-bond donors (Lipinski definition) is 2. The number of halogens is 3. The zero-order valence-corrected chi connectivity index (χ0v) is 9.97. The van der Waals surface area contributed by atoms with E-state index in [1.54, 1.807) is 12.1 Å². The van der Waals surface area contributed by atoms with E-state index in [0.29, 0.717) is 0 Å². The largest absolute Gasteiger partial charge is 3.00 e. The third-order valence-electron chi connectivity index (χ3n) is 1.13. The van der Waals surface area contributed by atoms with Crippen LogP contribution in [0.3, 0.4) is 0 Å². The van der Waals surface area contributed by atoms with Crippen LogP contribution >= 0.6 is 0 Å². The van der Waals surface area contributed by atoms with E-state index in [1.807, 2.05) is 0 Å². The normalized spacial score (nSPS) is 6.57. The minimum atomic E-state index is -1.11. The Bertz CT molecular complexity index is 270. The topological polar surface area (TPSA) is 57.5 Å². The number of carbonyl (C=O) groups is 1. The number of para-hydroxylation sites is 1. The monoisotopic (exact) mass is 299 g/mol. The van der Waals surface area contributed by atoms with E-state index in [0.717, 1.165) is 0 Å². The molecule has 0 unspecified atom stereocenters. The maximum Gasteiger partial charge on any atom is 3.00 e. The number of benzene rings is 1. The molecule has 0 fully saturated rings. The molecule has 1 aromatic carbocycles. The average Bonchev–Trinajstić information content (AvgIpc) is 1.88. The Labute approximate surface area is 111 Å². The van der Waals surface area contributed by atoms with Gasteiger partial charge in [0.1, 0.15) is 11.3 Å². The van der Waals surface area contributed by atoms with Crippen LogP contribution in [0, 0.1) is 0 Å². The van der Waals surface area contributed by atoms with Crippen LogP contribution in [0.5, 0.6) is 5.75 Å². The van der Waals surface area contributed by atoms with Gasteiger partial charge in [0, 0.05) is 0 Å². The molecule has 0 aliphatic carbocycles. The number of rotatable bonds is 1. The van der Waals surface area contributed by atoms with Crippen molar-refractivity contribution in [1.82, 2.24) is 0 Å². The van der Waals surface area contributed by atoms with Crippen molar-refractivity contribution >= 4 is 5.97 Å². The van der Waals surface area contributed by atoms with Crippen LogP contribution in [-0.4, -0.2) is 16.2 Å². The Hall–Kier alpha value is -0.121. The molecule has 2 N–H and O–H groups in total. The zero-order valence-electron chi connectivity index (χ0n) is 6.60. The van der Waals surface area contributed by atoms with E-state index in [-0.39, 0.29) is 65.6 Å². The molecule has 0 aromatic heterocycles. The molecule has 0 bridgehead atoms. The van der Waals surface area contributed by atoms with Gasteiger partial charge in [-0.25, -0.2) is 4.79 Å². The first-order chi connectivity index (χ1) is 4.72. The van der Waals surface area contributed by atoms with Crippen LogP contribution in [0.15, 0.2) is 24.3 Å². The molecule has 14 heavy (non-hydrogen) atoms. The molecule has 7 heteroatoms. The summed E-state index contributed by atoms with van der Waals surface area (Å²) in [7, 11) is 0. The Morgan fingerprint density at radius 2 is 1.50 bits per heavy atom. The second-order valence-electron chi connectivity index (χ2n) is 1.82. The van der Waals surface area contributed by atoms with Crippen LogP contribution < -0.4 is 37.2 Å². The molecule has 0 amide bonds. The number of phenols is 1. The Balaban J connectivity index is -0.000000125. The number of aromatic carboxylic acids is 1. The Kier molecular flexibility index (Phi) is 18.5. The van der Waals surface area contributed by atoms with E-state index in [4.69, 9.17) is 10.2 Å². The fraction of sp³-hybridized carbons (Fsp3) is 0. The molecule has 0 spiro atoms. The van der Waals surface area contributed by atoms with Crippen molar-refractivity contribution in [2.24, 2.45) is 0 Å². The maximum atomic E-state index is 10.3. The first-order valence-electron chi connectivity index (χ1n) is 2.73. The van der Waals surface area contributed by atoms with E-state index in [9.17, 15) is 4.79 Å². The zero-order chi connectivity index (χ0) is 7.56. The van der Waals surface area contributed by atoms with Gasteiger partial charge in [0.15, 0.2) is 0 Å². The smallest absolute Gasteiger partial charge is 1.00 e. The van der Waals surface area contributed by atoms with Gasteiger partial charge in [-0.3, -0.25) is 0 Å². The molecule has 1 rings (SSSR count). The van der Waals surface area contributed by atoms with Crippen molar-refractivity contribution in [3.63, 3.8) is 0 Å². The maximum absolute atomic E-state index is 10.3. The van der Waals surface area contributed by atoms with E-state index in [1.165, 1.54) is 12.1 Å². The Morgan fingerprint density at radius 3 is 1.79 bits per heavy atom. The molecule has 0 aliphatic rings. The molecule has 0 saturated heterocycles. The Morgan fingerprint density at radius 1 is 1.07 bits per heavy atom. The van der Waals surface area contributed by atoms with E-state index < -0.39 is 5.97 Å². The number of aromatic hydroxyl groups is 1. The van der Waals surface area contributed by atoms with Crippen LogP contribution in [0.1, 0.15) is 10.4 Å². The van der Waals surface area contributed by atoms with Crippen LogP contribution in [0.4, 0.5) is 0 Å². The summed E-state index contributed by atoms with van der Waals surface area (Å²) in [4.78, 5) is 10.3. The van der Waals surface area contributed by atoms with Gasteiger partial charge in [-0.15, -0.1) is 0 Å². The summed E-state index contributed by atoms with van der Waals surface area (Å²) in [6.07, 6.45) is 0. The molecule has 3 nitrogen and oxygen atoms in total. The number of carboxylic acid groups (broad SMARTS) is 1. The first kappa shape index (κ1) is 23.6. The van der Waals surface area contributed by atoms with Crippen LogP contribution in [0.25, 0.3) is 0 Å². The van der Waals surface area contributed by atoms with Crippen molar-refractivity contribution in [3.05, 3.63) is 29.8 Å². The van der Waals surface area contributed by atoms with E-state index in [2.05, 4.69) is 0 Å². The van der Waals surface area contributed by atoms with Gasteiger partial charge in [-0.2, -0.15) is 0 Å². The van der Waals surface area contributed by atoms with Crippen molar-refractivity contribution in [2.75, 3.05) is 0 Å². The summed E-state index contributed by atoms with van der Waals surface area (Å²) in [5, 5.41) is 17.3. The van der Waals surface area contributed by atoms with Crippen molar-refractivity contribution in [1.29, 1.82) is 0 Å². The second kappa shape index (κ2) is 11.0. The summed E-state index contributed by atoms with van der Waals surface area (Å²) in [5.41, 5.74) is -0.0671. The van der Waals surface area contributed by atoms with Gasteiger partial charge in [0.25, 0.3) is 0 Å². The summed E-state index contributed by atoms with van der Waals surface area (Å²) in [6.45, 7) is 0. The molecular formula is C7H6Cl3FeO3. The van der Waals surface area contributed by atoms with Crippen molar-refractivity contribution in [3.8, 4) is 5.75 Å². The van der Waals surface area contributed by atoms with Crippen LogP contribution in [-0.2, 0) is 17.1 Å². The molecule has 1 radical (unpaired) electrons. The minimum absolute atomic E-state index is 0. The third-order valence-corrected chi connectivity index (χ3v) is 1.13. The summed E-state index contributed by atoms with van der Waals surface area (Å²) in [5.74, 6) is -1.31. The summed E-state index contributed by atoms with van der Waals surface area (Å²) >= 11 is 0. The third kappa shape index (κ3) is 6.35. The van der Waals surface area contributed by atoms with Gasteiger partial charge in [0.2, 0.25) is 0 Å². The molecule has 1 aromatic rings. The molecule has 81 valence electrons. The predicted molar refractivity (Wildman–Crippen MR) is 35.1 cm³/mol. The second-order valence-corrected chi connectivity index (χ2v) is 1.82. The van der Waals surface area contributed by atoms with Gasteiger partial charge < -0.3 is 47.4 Å². The fourth-order valence-corrected chi connectivity index (χ4v) is 0.654.